The van der Waals surface area contributed by atoms with Crippen LogP contribution in [-0.2, 0) is 43.7 Å². The van der Waals surface area contributed by atoms with Crippen LogP contribution in [-0.4, -0.2) is 88.1 Å². The summed E-state index contributed by atoms with van der Waals surface area (Å²) in [6.45, 7) is 0. The first-order chi connectivity index (χ1) is 30.4. The summed E-state index contributed by atoms with van der Waals surface area (Å²) in [4.78, 5) is 98.3. The van der Waals surface area contributed by atoms with E-state index in [4.69, 9.17) is 40.2 Å². The van der Waals surface area contributed by atoms with Gasteiger partial charge in [-0.15, -0.1) is 0 Å². The summed E-state index contributed by atoms with van der Waals surface area (Å²) < 4.78 is 0. The number of pyridine rings is 4. The van der Waals surface area contributed by atoms with Crippen molar-refractivity contribution >= 4 is 91.4 Å². The van der Waals surface area contributed by atoms with Crippen LogP contribution in [0.2, 0.25) is 0 Å². The molecule has 66 heavy (non-hydrogen) atoms. The fraction of sp³-hybridized carbons (Fsp3) is 0. The van der Waals surface area contributed by atoms with Crippen LogP contribution in [0.3, 0.4) is 0 Å². The second kappa shape index (κ2) is 24.8. The van der Waals surface area contributed by atoms with Gasteiger partial charge < -0.3 is 60.0 Å². The second-order valence-electron chi connectivity index (χ2n) is 12.4. The van der Waals surface area contributed by atoms with Crippen molar-refractivity contribution in [2.24, 2.45) is 0 Å². The third-order valence-corrected chi connectivity index (χ3v) is 8.18. The van der Waals surface area contributed by atoms with Gasteiger partial charge in [-0.2, -0.15) is 0 Å². The molecule has 2 radical (unpaired) electrons. The Morgan fingerprint density at radius 3 is 0.697 bits per heavy atom. The van der Waals surface area contributed by atoms with E-state index in [1.807, 2.05) is 24.3 Å². The molecule has 0 fully saturated rings. The smallest absolute Gasteiger partial charge is 0.545 e. The number of aromatic nitrogens is 4. The van der Waals surface area contributed by atoms with Crippen LogP contribution in [0.5, 0.6) is 0 Å². The van der Waals surface area contributed by atoms with Gasteiger partial charge in [0.15, 0.2) is 0 Å². The maximum absolute atomic E-state index is 10.5. The fourth-order valence-electron chi connectivity index (χ4n) is 5.34. The van der Waals surface area contributed by atoms with E-state index in [0.29, 0.717) is 0 Å². The number of hydrogen-bond donors (Lipinski definition) is 4. The van der Waals surface area contributed by atoms with Gasteiger partial charge in [-0.1, -0.05) is 48.5 Å². The third-order valence-electron chi connectivity index (χ3n) is 8.18. The first kappa shape index (κ1) is 53.5. The summed E-state index contributed by atoms with van der Waals surface area (Å²) in [5.74, 6) is -13.2. The van der Waals surface area contributed by atoms with Crippen LogP contribution in [0.4, 0.5) is 0 Å². The molecule has 0 bridgehead atoms. The van der Waals surface area contributed by atoms with Gasteiger partial charge in [0.2, 0.25) is 0 Å². The molecule has 0 amide bonds. The van der Waals surface area contributed by atoms with E-state index >= 15 is 0 Å². The second-order valence-corrected chi connectivity index (χ2v) is 12.4. The molecule has 8 aromatic rings. The van der Waals surface area contributed by atoms with Crippen molar-refractivity contribution in [2.45, 2.75) is 0 Å². The molecule has 22 heteroatoms. The Morgan fingerprint density at radius 1 is 0.333 bits per heavy atom. The summed E-state index contributed by atoms with van der Waals surface area (Å²) in [6.07, 6.45) is 7.21. The standard InChI is InChI=1S/2C12H8N2.2C9H6O6.C2H2O4.2Cu/c2*1-3-9-5-6-10-4-2-8-14-12(10)11(9)13-7-1;2*10-7(11)4-1-5(8(12)13)3-6(2-4)9(14)15;3-1(4)2(5)6;;/h2*1-8H;2*1-3H,(H,10,11)(H,12,13)(H,14,15);(H,3,4)(H,5,6);;/q;;;;;2*+2/p-4. The molecule has 0 saturated heterocycles. The minimum Gasteiger partial charge on any atom is -0.545 e. The Morgan fingerprint density at radius 2 is 0.530 bits per heavy atom. The van der Waals surface area contributed by atoms with Crippen molar-refractivity contribution in [1.29, 1.82) is 0 Å². The topological polar surface area (TPSA) is 361 Å². The molecule has 4 N–H and O–H groups in total. The van der Waals surface area contributed by atoms with E-state index in [9.17, 15) is 39.0 Å². The van der Waals surface area contributed by atoms with Gasteiger partial charge in [0, 0.05) is 46.3 Å². The van der Waals surface area contributed by atoms with E-state index in [1.165, 1.54) is 0 Å². The molecular weight excluding hydrogens is 968 g/mol. The van der Waals surface area contributed by atoms with Gasteiger partial charge >= 0.3 is 58.0 Å². The Balaban J connectivity index is 0.000000287. The normalized spacial score (nSPS) is 9.64. The number of aliphatic carboxylic acids is 2. The average molecular weight is 994 g/mol. The molecule has 0 saturated carbocycles. The van der Waals surface area contributed by atoms with Gasteiger partial charge in [-0.3, -0.25) is 19.9 Å². The van der Waals surface area contributed by atoms with E-state index in [-0.39, 0.29) is 34.1 Å². The van der Waals surface area contributed by atoms with E-state index in [2.05, 4.69) is 68.5 Å². The van der Waals surface area contributed by atoms with Gasteiger partial charge in [0.1, 0.15) is 0 Å². The third kappa shape index (κ3) is 14.7. The molecule has 4 aromatic heterocycles. The molecule has 0 aliphatic heterocycles. The number of hydrogen-bond acceptors (Lipinski definition) is 16. The Bertz CT molecular complexity index is 2650. The van der Waals surface area contributed by atoms with Crippen LogP contribution < -0.4 is 20.4 Å². The fourth-order valence-corrected chi connectivity index (χ4v) is 5.34. The van der Waals surface area contributed by atoms with Crippen molar-refractivity contribution < 1.29 is 113 Å². The number of rotatable bonds is 6. The zero-order valence-electron chi connectivity index (χ0n) is 32.8. The average Bonchev–Trinajstić information content (AvgIpc) is 3.29. The summed E-state index contributed by atoms with van der Waals surface area (Å²) in [6, 6.07) is 29.4. The van der Waals surface area contributed by atoms with E-state index in [0.717, 1.165) is 80.0 Å². The Kier molecular flexibility index (Phi) is 20.1. The molecule has 0 unspecified atom stereocenters. The molecule has 0 spiro atoms. The number of carboxylic acids is 8. The predicted molar refractivity (Wildman–Crippen MR) is 213 cm³/mol. The molecule has 4 aromatic carbocycles. The molecule has 0 atom stereocenters. The van der Waals surface area contributed by atoms with Crippen molar-refractivity contribution in [2.75, 3.05) is 0 Å². The first-order valence-electron chi connectivity index (χ1n) is 17.6. The summed E-state index contributed by atoms with van der Waals surface area (Å²) >= 11 is 0. The first-order valence-corrected chi connectivity index (χ1v) is 17.6. The molecule has 340 valence electrons. The number of nitrogens with zero attached hydrogens (tertiary/aromatic N) is 4. The number of benzene rings is 4. The number of carbonyl (C=O) groups is 8. The number of carboxylic acid groups (broad SMARTS) is 8. The molecule has 4 heterocycles. The van der Waals surface area contributed by atoms with E-state index in [1.54, 1.807) is 24.8 Å². The van der Waals surface area contributed by atoms with Crippen molar-refractivity contribution in [3.63, 3.8) is 0 Å². The minimum absolute atomic E-state index is 0. The van der Waals surface area contributed by atoms with Crippen LogP contribution in [0.1, 0.15) is 62.1 Å². The van der Waals surface area contributed by atoms with E-state index < -0.39 is 81.1 Å². The summed E-state index contributed by atoms with van der Waals surface area (Å²) in [7, 11) is 0. The summed E-state index contributed by atoms with van der Waals surface area (Å²) in [5.41, 5.74) is 1.32. The van der Waals surface area contributed by atoms with Crippen LogP contribution in [0.15, 0.2) is 134 Å². The van der Waals surface area contributed by atoms with Crippen LogP contribution in [0, 0.1) is 0 Å². The monoisotopic (exact) mass is 992 g/mol. The zero-order chi connectivity index (χ0) is 47.1. The van der Waals surface area contributed by atoms with Gasteiger partial charge in [-0.25, -0.2) is 19.2 Å². The molecule has 0 aliphatic rings. The van der Waals surface area contributed by atoms with Crippen LogP contribution in [0.25, 0.3) is 43.6 Å². The Hall–Kier alpha value is -8.68. The molecule has 20 nitrogen and oxygen atoms in total. The van der Waals surface area contributed by atoms with Crippen molar-refractivity contribution in [3.8, 4) is 0 Å². The van der Waals surface area contributed by atoms with Crippen molar-refractivity contribution in [1.82, 2.24) is 19.9 Å². The molecular formula is C44H26Cu2N4O16. The van der Waals surface area contributed by atoms with Crippen molar-refractivity contribution in [3.05, 3.63) is 167 Å². The van der Waals surface area contributed by atoms with Gasteiger partial charge in [-0.05, 0) is 71.8 Å². The van der Waals surface area contributed by atoms with Gasteiger partial charge in [0.05, 0.1) is 68.2 Å². The Labute approximate surface area is 390 Å². The van der Waals surface area contributed by atoms with Crippen LogP contribution >= 0.6 is 0 Å². The zero-order valence-corrected chi connectivity index (χ0v) is 34.7. The van der Waals surface area contributed by atoms with Gasteiger partial charge in [0.25, 0.3) is 0 Å². The quantitative estimate of drug-likeness (QED) is 0.102. The maximum Gasteiger partial charge on any atom is 2.00 e. The predicted octanol–water partition coefficient (Wildman–Crippen LogP) is 0.940. The molecule has 0 aliphatic carbocycles. The molecule has 8 rings (SSSR count). The largest absolute Gasteiger partial charge is 2.00 e. The summed E-state index contributed by atoms with van der Waals surface area (Å²) in [5, 5.41) is 77.7. The number of fused-ring (bicyclic) bond motifs is 6. The maximum atomic E-state index is 10.5. The SMILES string of the molecule is O=C([O-])C(=O)[O-].O=C([O-])c1cc(C(=O)O)cc(C(=O)O)c1.O=C([O-])c1cc(C(=O)O)cc(C(=O)O)c1.[Cu+2].[Cu+2].c1cnc2c(c1)ccc1cccnc12.c1cnc2c(c1)ccc1cccnc12. The minimum atomic E-state index is -2.19. The number of aromatic carboxylic acids is 6. The number of carbonyl (C=O) groups excluding carboxylic acids is 4.